The van der Waals surface area contributed by atoms with Crippen LogP contribution >= 0.6 is 34.3 Å². The molecule has 0 fully saturated rings. The number of rotatable bonds is 4. The van der Waals surface area contributed by atoms with Gasteiger partial charge in [-0.1, -0.05) is 22.9 Å². The van der Waals surface area contributed by atoms with Crippen molar-refractivity contribution in [2.45, 2.75) is 20.4 Å². The van der Waals surface area contributed by atoms with Crippen LogP contribution in [0.3, 0.4) is 0 Å². The minimum atomic E-state index is -0.358. The molecule has 0 spiro atoms. The Kier molecular flexibility index (Phi) is 5.36. The first kappa shape index (κ1) is 17.8. The number of ether oxygens (including phenoxy) is 1. The van der Waals surface area contributed by atoms with E-state index < -0.39 is 0 Å². The molecule has 0 saturated heterocycles. The normalized spacial score (nSPS) is 11.9. The number of fused-ring (bicyclic) bond motifs is 1. The monoisotopic (exact) mass is 394 g/mol. The molecule has 0 unspecified atom stereocenters. The van der Waals surface area contributed by atoms with Gasteiger partial charge in [-0.2, -0.15) is 4.99 Å². The molecule has 8 heteroatoms. The van der Waals surface area contributed by atoms with Crippen molar-refractivity contribution in [2.75, 3.05) is 6.61 Å². The van der Waals surface area contributed by atoms with E-state index in [-0.39, 0.29) is 11.9 Å². The van der Waals surface area contributed by atoms with Gasteiger partial charge in [0.1, 0.15) is 0 Å². The van der Waals surface area contributed by atoms with Gasteiger partial charge in [0.05, 0.1) is 31.6 Å². The van der Waals surface area contributed by atoms with Crippen LogP contribution < -0.4 is 4.80 Å². The standard InChI is InChI=1S/C17H15ClN2O3S2/c1-3-20-11-6-5-10(16(22)23-4-2)9-13(11)25-17(20)19-15(21)12-7-8-14(18)24-12/h5-9H,3-4H2,1-2H3. The largest absolute Gasteiger partial charge is 0.462 e. The predicted octanol–water partition coefficient (Wildman–Crippen LogP) is 4.36. The molecule has 3 rings (SSSR count). The molecule has 0 bridgehead atoms. The van der Waals surface area contributed by atoms with Gasteiger partial charge in [-0.05, 0) is 44.2 Å². The first-order chi connectivity index (χ1) is 12.0. The first-order valence-corrected chi connectivity index (χ1v) is 9.69. The van der Waals surface area contributed by atoms with Crippen LogP contribution in [0.4, 0.5) is 0 Å². The van der Waals surface area contributed by atoms with E-state index in [0.29, 0.717) is 32.7 Å². The zero-order chi connectivity index (χ0) is 18.0. The zero-order valence-electron chi connectivity index (χ0n) is 13.6. The Morgan fingerprint density at radius 1 is 1.20 bits per heavy atom. The van der Waals surface area contributed by atoms with Crippen molar-refractivity contribution in [3.8, 4) is 0 Å². The molecule has 130 valence electrons. The summed E-state index contributed by atoms with van der Waals surface area (Å²) in [5, 5.41) is 0. The van der Waals surface area contributed by atoms with Gasteiger partial charge in [-0.15, -0.1) is 11.3 Å². The van der Waals surface area contributed by atoms with Gasteiger partial charge >= 0.3 is 5.97 Å². The average molecular weight is 395 g/mol. The second-order valence-corrected chi connectivity index (χ2v) is 7.78. The maximum atomic E-state index is 12.3. The van der Waals surface area contributed by atoms with Crippen LogP contribution in [-0.4, -0.2) is 23.1 Å². The fraction of sp³-hybridized carbons (Fsp3) is 0.235. The Morgan fingerprint density at radius 3 is 2.64 bits per heavy atom. The van der Waals surface area contributed by atoms with Crippen molar-refractivity contribution >= 4 is 56.4 Å². The highest BCUT2D eigenvalue weighted by atomic mass is 35.5. The van der Waals surface area contributed by atoms with Gasteiger partial charge in [0, 0.05) is 6.54 Å². The van der Waals surface area contributed by atoms with Gasteiger partial charge in [0.2, 0.25) is 0 Å². The summed E-state index contributed by atoms with van der Waals surface area (Å²) in [5.74, 6) is -0.681. The van der Waals surface area contributed by atoms with Crippen LogP contribution in [0, 0.1) is 0 Å². The molecular weight excluding hydrogens is 380 g/mol. The molecule has 1 amide bonds. The first-order valence-electron chi connectivity index (χ1n) is 7.68. The van der Waals surface area contributed by atoms with Gasteiger partial charge in [0.25, 0.3) is 5.91 Å². The molecule has 0 atom stereocenters. The number of benzene rings is 1. The van der Waals surface area contributed by atoms with Crippen LogP contribution in [0.2, 0.25) is 4.34 Å². The summed E-state index contributed by atoms with van der Waals surface area (Å²) in [7, 11) is 0. The van der Waals surface area contributed by atoms with E-state index in [1.807, 2.05) is 17.6 Å². The smallest absolute Gasteiger partial charge is 0.338 e. The molecule has 2 aromatic heterocycles. The van der Waals surface area contributed by atoms with Gasteiger partial charge < -0.3 is 9.30 Å². The highest BCUT2D eigenvalue weighted by Gasteiger charge is 2.13. The Morgan fingerprint density at radius 2 is 2.00 bits per heavy atom. The molecule has 3 aromatic rings. The zero-order valence-corrected chi connectivity index (χ0v) is 16.0. The Hall–Kier alpha value is -1.96. The lowest BCUT2D eigenvalue weighted by Gasteiger charge is -2.03. The van der Waals surface area contributed by atoms with Crippen LogP contribution in [0.5, 0.6) is 0 Å². The molecule has 1 aromatic carbocycles. The highest BCUT2D eigenvalue weighted by molar-refractivity contribution is 7.18. The number of halogens is 1. The van der Waals surface area contributed by atoms with Crippen molar-refractivity contribution in [3.05, 3.63) is 49.9 Å². The molecule has 0 radical (unpaired) electrons. The number of thiazole rings is 1. The number of nitrogens with zero attached hydrogens (tertiary/aromatic N) is 2. The quantitative estimate of drug-likeness (QED) is 0.618. The highest BCUT2D eigenvalue weighted by Crippen LogP contribution is 2.23. The number of aryl methyl sites for hydroxylation is 1. The molecule has 0 aliphatic heterocycles. The lowest BCUT2D eigenvalue weighted by atomic mass is 10.2. The van der Waals surface area contributed by atoms with E-state index >= 15 is 0 Å². The van der Waals surface area contributed by atoms with Gasteiger partial charge in [0.15, 0.2) is 4.80 Å². The Labute approximate surface area is 157 Å². The third-order valence-corrected chi connectivity index (χ3v) is 5.75. The second kappa shape index (κ2) is 7.51. The van der Waals surface area contributed by atoms with Crippen molar-refractivity contribution < 1.29 is 14.3 Å². The molecular formula is C17H15ClN2O3S2. The topological polar surface area (TPSA) is 60.7 Å². The number of carbonyl (C=O) groups is 2. The number of thiophene rings is 1. The Balaban J connectivity index is 2.07. The van der Waals surface area contributed by atoms with E-state index in [1.165, 1.54) is 22.7 Å². The number of amides is 1. The molecule has 0 N–H and O–H groups in total. The van der Waals surface area contributed by atoms with Crippen molar-refractivity contribution in [1.82, 2.24) is 4.57 Å². The van der Waals surface area contributed by atoms with E-state index in [9.17, 15) is 9.59 Å². The maximum absolute atomic E-state index is 12.3. The van der Waals surface area contributed by atoms with E-state index in [4.69, 9.17) is 16.3 Å². The number of esters is 1. The molecule has 2 heterocycles. The second-order valence-electron chi connectivity index (χ2n) is 5.05. The third kappa shape index (κ3) is 3.68. The van der Waals surface area contributed by atoms with Gasteiger partial charge in [-0.3, -0.25) is 4.79 Å². The molecule has 0 aliphatic rings. The van der Waals surface area contributed by atoms with E-state index in [1.54, 1.807) is 31.2 Å². The van der Waals surface area contributed by atoms with Crippen molar-refractivity contribution in [1.29, 1.82) is 0 Å². The summed E-state index contributed by atoms with van der Waals surface area (Å²) in [6.07, 6.45) is 0. The SMILES string of the molecule is CCOC(=O)c1ccc2c(c1)sc(=NC(=O)c1ccc(Cl)s1)n2CC. The molecule has 0 saturated carbocycles. The van der Waals surface area contributed by atoms with Crippen LogP contribution in [0.1, 0.15) is 33.9 Å². The summed E-state index contributed by atoms with van der Waals surface area (Å²) < 4.78 is 8.41. The summed E-state index contributed by atoms with van der Waals surface area (Å²) in [6, 6.07) is 8.70. The summed E-state index contributed by atoms with van der Waals surface area (Å²) >= 11 is 8.45. The minimum Gasteiger partial charge on any atom is -0.462 e. The lowest BCUT2D eigenvalue weighted by Crippen LogP contribution is -2.15. The van der Waals surface area contributed by atoms with Crippen LogP contribution in [0.25, 0.3) is 10.2 Å². The number of aromatic nitrogens is 1. The molecule has 5 nitrogen and oxygen atoms in total. The maximum Gasteiger partial charge on any atom is 0.338 e. The summed E-state index contributed by atoms with van der Waals surface area (Å²) in [5.41, 5.74) is 1.41. The summed E-state index contributed by atoms with van der Waals surface area (Å²) in [4.78, 5) is 29.6. The Bertz CT molecular complexity index is 1020. The van der Waals surface area contributed by atoms with Crippen LogP contribution in [-0.2, 0) is 11.3 Å². The summed E-state index contributed by atoms with van der Waals surface area (Å²) in [6.45, 7) is 4.74. The molecule has 0 aliphatic carbocycles. The van der Waals surface area contributed by atoms with Crippen LogP contribution in [0.15, 0.2) is 35.3 Å². The lowest BCUT2D eigenvalue weighted by molar-refractivity contribution is 0.0526. The van der Waals surface area contributed by atoms with Gasteiger partial charge in [-0.25, -0.2) is 4.79 Å². The van der Waals surface area contributed by atoms with E-state index in [2.05, 4.69) is 4.99 Å². The predicted molar refractivity (Wildman–Crippen MR) is 101 cm³/mol. The fourth-order valence-electron chi connectivity index (χ4n) is 2.38. The van der Waals surface area contributed by atoms with Crippen molar-refractivity contribution in [3.63, 3.8) is 0 Å². The molecule has 25 heavy (non-hydrogen) atoms. The minimum absolute atomic E-state index is 0.323. The number of hydrogen-bond donors (Lipinski definition) is 0. The fourth-order valence-corrected chi connectivity index (χ4v) is 4.44. The van der Waals surface area contributed by atoms with E-state index in [0.717, 1.165) is 10.2 Å². The third-order valence-electron chi connectivity index (χ3n) is 3.49. The number of carbonyl (C=O) groups excluding carboxylic acids is 2. The van der Waals surface area contributed by atoms with Crippen molar-refractivity contribution in [2.24, 2.45) is 4.99 Å². The number of hydrogen-bond acceptors (Lipinski definition) is 5. The average Bonchev–Trinajstić information content (AvgIpc) is 3.17.